The van der Waals surface area contributed by atoms with Gasteiger partial charge < -0.3 is 23.9 Å². The van der Waals surface area contributed by atoms with Gasteiger partial charge in [-0.2, -0.15) is 5.26 Å². The first-order valence-electron chi connectivity index (χ1n) is 14.4. The van der Waals surface area contributed by atoms with Gasteiger partial charge in [-0.3, -0.25) is 9.78 Å². The molecule has 8 nitrogen and oxygen atoms in total. The fourth-order valence-electron chi connectivity index (χ4n) is 6.93. The van der Waals surface area contributed by atoms with Crippen LogP contribution in [0.1, 0.15) is 28.8 Å². The number of anilines is 1. The summed E-state index contributed by atoms with van der Waals surface area (Å²) in [6, 6.07) is 17.8. The van der Waals surface area contributed by atoms with Crippen molar-refractivity contribution in [2.45, 2.75) is 12.8 Å². The molecule has 0 spiro atoms. The molecule has 0 aliphatic carbocycles. The van der Waals surface area contributed by atoms with Gasteiger partial charge in [-0.1, -0.05) is 6.07 Å². The number of aromatic nitrogens is 1. The Morgan fingerprint density at radius 3 is 2.51 bits per heavy atom. The van der Waals surface area contributed by atoms with Crippen molar-refractivity contribution in [3.05, 3.63) is 65.9 Å². The first kappa shape index (κ1) is 25.6. The number of furan rings is 1. The lowest BCUT2D eigenvalue weighted by molar-refractivity contribution is 0.0775. The van der Waals surface area contributed by atoms with E-state index in [2.05, 4.69) is 34.0 Å². The molecule has 2 unspecified atom stereocenters. The van der Waals surface area contributed by atoms with Crippen LogP contribution in [-0.4, -0.2) is 74.1 Å². The van der Waals surface area contributed by atoms with Crippen molar-refractivity contribution in [3.63, 3.8) is 0 Å². The van der Waals surface area contributed by atoms with Crippen molar-refractivity contribution >= 4 is 22.7 Å². The number of benzene rings is 2. The van der Waals surface area contributed by atoms with Gasteiger partial charge in [-0.25, -0.2) is 0 Å². The van der Waals surface area contributed by atoms with Gasteiger partial charge in [-0.05, 0) is 73.7 Å². The number of carbonyl (C=O) groups is 1. The van der Waals surface area contributed by atoms with Gasteiger partial charge >= 0.3 is 0 Å². The van der Waals surface area contributed by atoms with Crippen LogP contribution >= 0.6 is 0 Å². The van der Waals surface area contributed by atoms with E-state index >= 15 is 0 Å². The molecule has 3 fully saturated rings. The lowest BCUT2D eigenvalue weighted by Crippen LogP contribution is -2.32. The number of hydrogen-bond acceptors (Lipinski definition) is 7. The third-order valence-corrected chi connectivity index (χ3v) is 8.96. The Hall–Kier alpha value is -4.35. The number of ether oxygens (including phenoxy) is 1. The van der Waals surface area contributed by atoms with Crippen LogP contribution in [0.15, 0.2) is 59.1 Å². The zero-order valence-corrected chi connectivity index (χ0v) is 23.5. The van der Waals surface area contributed by atoms with Crippen LogP contribution in [0.4, 0.5) is 5.69 Å². The van der Waals surface area contributed by atoms with Crippen LogP contribution in [0, 0.1) is 23.2 Å². The standard InChI is InChI=1S/C33H33N5O3/c1-36-17-24-19-38(20-25(24)18-36)33(39)22-5-7-27(30(14-22)40-2)31-15-28-32(41-31)26(9-10-35-28)21-6-8-29(23(13-21)16-34)37-11-3-4-12-37/h5-10,13-15,24-25H,3-4,11-12,17-20H2,1-2H3. The fraction of sp³-hybridized carbons (Fsp3) is 0.364. The molecule has 41 heavy (non-hydrogen) atoms. The van der Waals surface area contributed by atoms with Gasteiger partial charge in [0.25, 0.3) is 5.91 Å². The van der Waals surface area contributed by atoms with E-state index in [1.165, 1.54) is 0 Å². The smallest absolute Gasteiger partial charge is 0.254 e. The molecule has 8 heteroatoms. The van der Waals surface area contributed by atoms with Crippen molar-refractivity contribution in [2.75, 3.05) is 58.3 Å². The van der Waals surface area contributed by atoms with E-state index in [0.29, 0.717) is 40.1 Å². The van der Waals surface area contributed by atoms with E-state index in [1.54, 1.807) is 13.3 Å². The zero-order valence-electron chi connectivity index (χ0n) is 23.5. The van der Waals surface area contributed by atoms with Gasteiger partial charge in [0.15, 0.2) is 5.58 Å². The fourth-order valence-corrected chi connectivity index (χ4v) is 6.93. The molecule has 7 rings (SSSR count). The number of likely N-dealkylation sites (tertiary alicyclic amines) is 2. The number of fused-ring (bicyclic) bond motifs is 2. The Labute approximate surface area is 239 Å². The Kier molecular flexibility index (Phi) is 6.40. The summed E-state index contributed by atoms with van der Waals surface area (Å²) >= 11 is 0. The summed E-state index contributed by atoms with van der Waals surface area (Å²) in [5, 5.41) is 9.90. The van der Waals surface area contributed by atoms with Gasteiger partial charge in [-0.15, -0.1) is 0 Å². The monoisotopic (exact) mass is 547 g/mol. The van der Waals surface area contributed by atoms with E-state index < -0.39 is 0 Å². The lowest BCUT2D eigenvalue weighted by atomic mass is 10.0. The van der Waals surface area contributed by atoms with Gasteiger partial charge in [0.05, 0.1) is 23.9 Å². The number of nitrogens with zero attached hydrogens (tertiary/aromatic N) is 5. The number of nitriles is 1. The number of pyridine rings is 1. The molecule has 0 radical (unpaired) electrons. The zero-order chi connectivity index (χ0) is 28.1. The van der Waals surface area contributed by atoms with Crippen molar-refractivity contribution < 1.29 is 13.9 Å². The normalized spacial score (nSPS) is 20.5. The quantitative estimate of drug-likeness (QED) is 0.336. The Balaban J connectivity index is 1.19. The minimum atomic E-state index is 0.0473. The molecule has 0 bridgehead atoms. The van der Waals surface area contributed by atoms with Gasteiger partial charge in [0.2, 0.25) is 0 Å². The van der Waals surface area contributed by atoms with Crippen molar-refractivity contribution in [2.24, 2.45) is 11.8 Å². The molecule has 0 N–H and O–H groups in total. The second kappa shape index (κ2) is 10.2. The van der Waals surface area contributed by atoms with E-state index in [4.69, 9.17) is 9.15 Å². The Morgan fingerprint density at radius 1 is 1.00 bits per heavy atom. The molecule has 2 aromatic heterocycles. The largest absolute Gasteiger partial charge is 0.496 e. The predicted molar refractivity (Wildman–Crippen MR) is 158 cm³/mol. The highest BCUT2D eigenvalue weighted by Gasteiger charge is 2.40. The van der Waals surface area contributed by atoms with E-state index in [1.807, 2.05) is 47.4 Å². The van der Waals surface area contributed by atoms with Crippen LogP contribution in [0.5, 0.6) is 5.75 Å². The van der Waals surface area contributed by atoms with Crippen LogP contribution in [-0.2, 0) is 0 Å². The van der Waals surface area contributed by atoms with Crippen LogP contribution in [0.3, 0.4) is 0 Å². The van der Waals surface area contributed by atoms with Crippen LogP contribution in [0.2, 0.25) is 0 Å². The summed E-state index contributed by atoms with van der Waals surface area (Å²) < 4.78 is 12.2. The molecule has 208 valence electrons. The molecule has 2 aromatic carbocycles. The highest BCUT2D eigenvalue weighted by Crippen LogP contribution is 2.39. The minimum absolute atomic E-state index is 0.0473. The number of methoxy groups -OCH3 is 1. The Bertz CT molecular complexity index is 1670. The SMILES string of the molecule is COc1cc(C(=O)N2CC3CN(C)CC3C2)ccc1-c1cc2nccc(-c3ccc(N4CCCC4)c(C#N)c3)c2o1. The summed E-state index contributed by atoms with van der Waals surface area (Å²) in [5.74, 6) is 2.36. The van der Waals surface area contributed by atoms with Crippen molar-refractivity contribution in [1.29, 1.82) is 5.26 Å². The molecular weight excluding hydrogens is 514 g/mol. The van der Waals surface area contributed by atoms with E-state index in [9.17, 15) is 10.1 Å². The third-order valence-electron chi connectivity index (χ3n) is 8.96. The molecule has 4 aromatic rings. The second-order valence-electron chi connectivity index (χ2n) is 11.6. The molecular formula is C33H33N5O3. The average Bonchev–Trinajstić information content (AvgIpc) is 3.80. The maximum Gasteiger partial charge on any atom is 0.254 e. The summed E-state index contributed by atoms with van der Waals surface area (Å²) in [4.78, 5) is 24.5. The van der Waals surface area contributed by atoms with Crippen LogP contribution < -0.4 is 9.64 Å². The lowest BCUT2D eigenvalue weighted by Gasteiger charge is -2.20. The topological polar surface area (TPSA) is 85.8 Å². The average molecular weight is 548 g/mol. The van der Waals surface area contributed by atoms with Crippen molar-refractivity contribution in [1.82, 2.24) is 14.8 Å². The highest BCUT2D eigenvalue weighted by molar-refractivity contribution is 5.97. The summed E-state index contributed by atoms with van der Waals surface area (Å²) in [6.07, 6.45) is 4.07. The van der Waals surface area contributed by atoms with E-state index in [0.717, 1.165) is 80.0 Å². The minimum Gasteiger partial charge on any atom is -0.496 e. The molecule has 3 saturated heterocycles. The van der Waals surface area contributed by atoms with Gasteiger partial charge in [0.1, 0.15) is 23.1 Å². The molecule has 5 heterocycles. The number of rotatable bonds is 5. The molecule has 0 saturated carbocycles. The molecule has 1 amide bonds. The molecule has 3 aliphatic rings. The molecule has 2 atom stereocenters. The van der Waals surface area contributed by atoms with Crippen LogP contribution in [0.25, 0.3) is 33.6 Å². The van der Waals surface area contributed by atoms with Gasteiger partial charge in [0, 0.05) is 62.7 Å². The maximum absolute atomic E-state index is 13.4. The van der Waals surface area contributed by atoms with E-state index in [-0.39, 0.29) is 5.91 Å². The number of carbonyl (C=O) groups excluding carboxylic acids is 1. The summed E-state index contributed by atoms with van der Waals surface area (Å²) in [5.41, 5.74) is 6.19. The number of amides is 1. The van der Waals surface area contributed by atoms with Crippen molar-refractivity contribution in [3.8, 4) is 34.3 Å². The first-order valence-corrected chi connectivity index (χ1v) is 14.4. The third kappa shape index (κ3) is 4.51. The first-order chi connectivity index (χ1) is 20.0. The summed E-state index contributed by atoms with van der Waals surface area (Å²) in [7, 11) is 3.76. The molecule has 3 aliphatic heterocycles. The Morgan fingerprint density at radius 2 is 1.78 bits per heavy atom. The highest BCUT2D eigenvalue weighted by atomic mass is 16.5. The second-order valence-corrected chi connectivity index (χ2v) is 11.6. The maximum atomic E-state index is 13.4. The predicted octanol–water partition coefficient (Wildman–Crippen LogP) is 5.28. The summed E-state index contributed by atoms with van der Waals surface area (Å²) in [6.45, 7) is 5.69. The number of hydrogen-bond donors (Lipinski definition) is 0.